The number of para-hydroxylation sites is 1. The van der Waals surface area contributed by atoms with Gasteiger partial charge in [0.05, 0.1) is 11.6 Å². The Morgan fingerprint density at radius 1 is 1.14 bits per heavy atom. The standard InChI is InChI=1S/C18H18N4/c1-20-12-11-17(14-7-3-2-4-8-14)22-18-10-6-5-9-15(18)16(13-19)21-22/h2-10,17,20H,11-12H2,1H3. The summed E-state index contributed by atoms with van der Waals surface area (Å²) in [5.41, 5.74) is 2.69. The SMILES string of the molecule is CNCCC(c1ccccc1)n1nc(C#N)c2ccccc21. The Hall–Kier alpha value is -2.64. The highest BCUT2D eigenvalue weighted by atomic mass is 15.3. The van der Waals surface area contributed by atoms with Crippen molar-refractivity contribution in [3.63, 3.8) is 0 Å². The second-order valence-corrected chi connectivity index (χ2v) is 5.24. The molecule has 3 rings (SSSR count). The van der Waals surface area contributed by atoms with Gasteiger partial charge in [0, 0.05) is 5.39 Å². The van der Waals surface area contributed by atoms with E-state index in [1.165, 1.54) is 5.56 Å². The Kier molecular flexibility index (Phi) is 4.17. The molecule has 1 atom stereocenters. The van der Waals surface area contributed by atoms with Gasteiger partial charge in [-0.3, -0.25) is 4.68 Å². The van der Waals surface area contributed by atoms with Crippen LogP contribution in [0.3, 0.4) is 0 Å². The molecule has 2 aromatic carbocycles. The molecule has 0 aliphatic rings. The fourth-order valence-corrected chi connectivity index (χ4v) is 2.80. The summed E-state index contributed by atoms with van der Waals surface area (Å²) >= 11 is 0. The number of fused-ring (bicyclic) bond motifs is 1. The maximum atomic E-state index is 9.34. The molecule has 110 valence electrons. The molecule has 0 radical (unpaired) electrons. The molecule has 0 aliphatic carbocycles. The van der Waals surface area contributed by atoms with Crippen LogP contribution in [0.2, 0.25) is 0 Å². The Labute approximate surface area is 130 Å². The number of aromatic nitrogens is 2. The van der Waals surface area contributed by atoms with Crippen molar-refractivity contribution < 1.29 is 0 Å². The van der Waals surface area contributed by atoms with E-state index in [2.05, 4.69) is 28.6 Å². The molecule has 4 heteroatoms. The van der Waals surface area contributed by atoms with E-state index in [4.69, 9.17) is 0 Å². The third-order valence-corrected chi connectivity index (χ3v) is 3.87. The van der Waals surface area contributed by atoms with Gasteiger partial charge in [-0.2, -0.15) is 10.4 Å². The topological polar surface area (TPSA) is 53.6 Å². The van der Waals surface area contributed by atoms with Gasteiger partial charge in [-0.15, -0.1) is 0 Å². The number of hydrogen-bond acceptors (Lipinski definition) is 3. The molecule has 0 aliphatic heterocycles. The number of nitrogens with one attached hydrogen (secondary N) is 1. The first-order chi connectivity index (χ1) is 10.8. The fourth-order valence-electron chi connectivity index (χ4n) is 2.80. The van der Waals surface area contributed by atoms with Crippen molar-refractivity contribution in [2.75, 3.05) is 13.6 Å². The molecule has 0 spiro atoms. The minimum atomic E-state index is 0.112. The lowest BCUT2D eigenvalue weighted by atomic mass is 10.0. The molecular weight excluding hydrogens is 272 g/mol. The summed E-state index contributed by atoms with van der Waals surface area (Å²) in [4.78, 5) is 0. The largest absolute Gasteiger partial charge is 0.320 e. The Balaban J connectivity index is 2.14. The second kappa shape index (κ2) is 6.42. The highest BCUT2D eigenvalue weighted by Gasteiger charge is 2.19. The number of nitrogens with zero attached hydrogens (tertiary/aromatic N) is 3. The van der Waals surface area contributed by atoms with Gasteiger partial charge in [-0.1, -0.05) is 42.5 Å². The third-order valence-electron chi connectivity index (χ3n) is 3.87. The molecule has 0 amide bonds. The molecule has 22 heavy (non-hydrogen) atoms. The molecule has 1 unspecified atom stereocenters. The average molecular weight is 290 g/mol. The first-order valence-electron chi connectivity index (χ1n) is 7.42. The first-order valence-corrected chi connectivity index (χ1v) is 7.42. The lowest BCUT2D eigenvalue weighted by Gasteiger charge is -2.19. The number of hydrogen-bond donors (Lipinski definition) is 1. The van der Waals surface area contributed by atoms with Crippen molar-refractivity contribution in [3.8, 4) is 6.07 Å². The summed E-state index contributed by atoms with van der Waals surface area (Å²) in [6, 6.07) is 20.6. The van der Waals surface area contributed by atoms with Crippen LogP contribution in [-0.2, 0) is 0 Å². The lowest BCUT2D eigenvalue weighted by Crippen LogP contribution is -2.18. The van der Waals surface area contributed by atoms with E-state index in [0.717, 1.165) is 23.9 Å². The highest BCUT2D eigenvalue weighted by Crippen LogP contribution is 2.27. The Bertz CT molecular complexity index is 799. The molecule has 0 fully saturated rings. The molecule has 3 aromatic rings. The fraction of sp³-hybridized carbons (Fsp3) is 0.222. The van der Waals surface area contributed by atoms with Crippen LogP contribution in [0.5, 0.6) is 0 Å². The van der Waals surface area contributed by atoms with Crippen LogP contribution in [0.1, 0.15) is 23.7 Å². The zero-order valence-corrected chi connectivity index (χ0v) is 12.5. The van der Waals surface area contributed by atoms with E-state index in [0.29, 0.717) is 5.69 Å². The van der Waals surface area contributed by atoms with Crippen LogP contribution in [0.4, 0.5) is 0 Å². The quantitative estimate of drug-likeness (QED) is 0.785. The number of nitriles is 1. The maximum Gasteiger partial charge on any atom is 0.170 e. The number of benzene rings is 2. The van der Waals surface area contributed by atoms with Crippen molar-refractivity contribution in [2.45, 2.75) is 12.5 Å². The van der Waals surface area contributed by atoms with Crippen LogP contribution in [-0.4, -0.2) is 23.4 Å². The van der Waals surface area contributed by atoms with Gasteiger partial charge in [0.15, 0.2) is 5.69 Å². The van der Waals surface area contributed by atoms with Crippen molar-refractivity contribution >= 4 is 10.9 Å². The smallest absolute Gasteiger partial charge is 0.170 e. The molecule has 0 saturated heterocycles. The summed E-state index contributed by atoms with van der Waals surface area (Å²) in [5.74, 6) is 0. The summed E-state index contributed by atoms with van der Waals surface area (Å²) in [6.45, 7) is 0.885. The van der Waals surface area contributed by atoms with Crippen molar-refractivity contribution in [3.05, 3.63) is 65.9 Å². The van der Waals surface area contributed by atoms with Gasteiger partial charge in [-0.05, 0) is 37.7 Å². The monoisotopic (exact) mass is 290 g/mol. The summed E-state index contributed by atoms with van der Waals surface area (Å²) in [5, 5.41) is 18.0. The van der Waals surface area contributed by atoms with Crippen molar-refractivity contribution in [1.82, 2.24) is 15.1 Å². The lowest BCUT2D eigenvalue weighted by molar-refractivity contribution is 0.493. The molecule has 1 N–H and O–H groups in total. The zero-order valence-electron chi connectivity index (χ0n) is 12.5. The van der Waals surface area contributed by atoms with Gasteiger partial charge < -0.3 is 5.32 Å². The second-order valence-electron chi connectivity index (χ2n) is 5.24. The highest BCUT2D eigenvalue weighted by molar-refractivity contribution is 5.84. The minimum Gasteiger partial charge on any atom is -0.320 e. The van der Waals surface area contributed by atoms with E-state index < -0.39 is 0 Å². The summed E-state index contributed by atoms with van der Waals surface area (Å²) in [7, 11) is 1.95. The third kappa shape index (κ3) is 2.59. The van der Waals surface area contributed by atoms with E-state index >= 15 is 0 Å². The van der Waals surface area contributed by atoms with Crippen LogP contribution < -0.4 is 5.32 Å². The predicted octanol–water partition coefficient (Wildman–Crippen LogP) is 3.11. The molecular formula is C18H18N4. The van der Waals surface area contributed by atoms with Crippen LogP contribution in [0.25, 0.3) is 10.9 Å². The summed E-state index contributed by atoms with van der Waals surface area (Å²) in [6.07, 6.45) is 0.914. The molecule has 0 bridgehead atoms. The molecule has 4 nitrogen and oxygen atoms in total. The maximum absolute atomic E-state index is 9.34. The van der Waals surface area contributed by atoms with Gasteiger partial charge in [0.1, 0.15) is 6.07 Å². The summed E-state index contributed by atoms with van der Waals surface area (Å²) < 4.78 is 1.99. The Morgan fingerprint density at radius 2 is 1.86 bits per heavy atom. The Morgan fingerprint density at radius 3 is 2.59 bits per heavy atom. The van der Waals surface area contributed by atoms with Crippen LogP contribution in [0, 0.1) is 11.3 Å². The molecule has 1 heterocycles. The van der Waals surface area contributed by atoms with Gasteiger partial charge in [0.25, 0.3) is 0 Å². The molecule has 1 aromatic heterocycles. The van der Waals surface area contributed by atoms with E-state index in [1.807, 2.05) is 54.2 Å². The average Bonchev–Trinajstić information content (AvgIpc) is 2.95. The van der Waals surface area contributed by atoms with Crippen molar-refractivity contribution in [1.29, 1.82) is 5.26 Å². The van der Waals surface area contributed by atoms with Crippen LogP contribution in [0.15, 0.2) is 54.6 Å². The van der Waals surface area contributed by atoms with E-state index in [-0.39, 0.29) is 6.04 Å². The first kappa shape index (κ1) is 14.3. The normalized spacial score (nSPS) is 12.2. The van der Waals surface area contributed by atoms with Crippen LogP contribution >= 0.6 is 0 Å². The van der Waals surface area contributed by atoms with Crippen molar-refractivity contribution in [2.24, 2.45) is 0 Å². The molecule has 0 saturated carbocycles. The van der Waals surface area contributed by atoms with Gasteiger partial charge in [0.2, 0.25) is 0 Å². The van der Waals surface area contributed by atoms with Gasteiger partial charge >= 0.3 is 0 Å². The van der Waals surface area contributed by atoms with E-state index in [1.54, 1.807) is 0 Å². The predicted molar refractivity (Wildman–Crippen MR) is 87.6 cm³/mol. The van der Waals surface area contributed by atoms with Gasteiger partial charge in [-0.25, -0.2) is 0 Å². The van der Waals surface area contributed by atoms with E-state index in [9.17, 15) is 5.26 Å². The minimum absolute atomic E-state index is 0.112. The zero-order chi connectivity index (χ0) is 15.4. The number of rotatable bonds is 5.